The standard InChI is InChI=1S/C7H12N2O/c1-6(10)5-7-3-4-9(2)8-7/h3-4,6,10H,5H2,1-2H3/t6-/m1/s1. The Morgan fingerprint density at radius 1 is 1.80 bits per heavy atom. The summed E-state index contributed by atoms with van der Waals surface area (Å²) >= 11 is 0. The van der Waals surface area contributed by atoms with Gasteiger partial charge in [-0.25, -0.2) is 0 Å². The fourth-order valence-electron chi connectivity index (χ4n) is 0.875. The average Bonchev–Trinajstić information content (AvgIpc) is 2.13. The molecule has 1 atom stereocenters. The lowest BCUT2D eigenvalue weighted by Gasteiger charge is -1.97. The molecule has 1 rings (SSSR count). The zero-order valence-corrected chi connectivity index (χ0v) is 6.28. The van der Waals surface area contributed by atoms with Crippen LogP contribution in [0.25, 0.3) is 0 Å². The van der Waals surface area contributed by atoms with Gasteiger partial charge in [-0.2, -0.15) is 5.10 Å². The molecule has 10 heavy (non-hydrogen) atoms. The quantitative estimate of drug-likeness (QED) is 0.643. The van der Waals surface area contributed by atoms with E-state index in [2.05, 4.69) is 5.10 Å². The largest absolute Gasteiger partial charge is 0.393 e. The van der Waals surface area contributed by atoms with E-state index in [-0.39, 0.29) is 6.10 Å². The second-order valence-electron chi connectivity index (χ2n) is 2.53. The van der Waals surface area contributed by atoms with E-state index in [1.807, 2.05) is 19.3 Å². The smallest absolute Gasteiger partial charge is 0.0650 e. The Hall–Kier alpha value is -0.830. The van der Waals surface area contributed by atoms with Gasteiger partial charge >= 0.3 is 0 Å². The first-order valence-electron chi connectivity index (χ1n) is 3.35. The predicted molar refractivity (Wildman–Crippen MR) is 38.6 cm³/mol. The SMILES string of the molecule is C[C@@H](O)Cc1ccn(C)n1. The van der Waals surface area contributed by atoms with Crippen LogP contribution in [0.3, 0.4) is 0 Å². The Morgan fingerprint density at radius 2 is 2.50 bits per heavy atom. The lowest BCUT2D eigenvalue weighted by Crippen LogP contribution is -2.05. The molecular formula is C7H12N2O. The first-order valence-corrected chi connectivity index (χ1v) is 3.35. The average molecular weight is 140 g/mol. The summed E-state index contributed by atoms with van der Waals surface area (Å²) in [5.41, 5.74) is 0.942. The molecule has 0 saturated carbocycles. The first-order chi connectivity index (χ1) is 4.68. The van der Waals surface area contributed by atoms with Gasteiger partial charge in [-0.3, -0.25) is 4.68 Å². The summed E-state index contributed by atoms with van der Waals surface area (Å²) in [6.07, 6.45) is 2.22. The van der Waals surface area contributed by atoms with Gasteiger partial charge in [0.2, 0.25) is 0 Å². The molecule has 3 heteroatoms. The van der Waals surface area contributed by atoms with Crippen LogP contribution in [0.2, 0.25) is 0 Å². The number of rotatable bonds is 2. The Bertz CT molecular complexity index is 205. The summed E-state index contributed by atoms with van der Waals surface area (Å²) < 4.78 is 1.73. The molecule has 0 amide bonds. The van der Waals surface area contributed by atoms with Crippen molar-refractivity contribution in [2.45, 2.75) is 19.4 Å². The van der Waals surface area contributed by atoms with E-state index in [1.54, 1.807) is 11.6 Å². The maximum Gasteiger partial charge on any atom is 0.0650 e. The lowest BCUT2D eigenvalue weighted by atomic mass is 10.2. The van der Waals surface area contributed by atoms with Crippen molar-refractivity contribution in [2.24, 2.45) is 7.05 Å². The molecular weight excluding hydrogens is 128 g/mol. The van der Waals surface area contributed by atoms with Crippen LogP contribution in [0.5, 0.6) is 0 Å². The third kappa shape index (κ3) is 1.84. The summed E-state index contributed by atoms with van der Waals surface area (Å²) in [7, 11) is 1.87. The fraction of sp³-hybridized carbons (Fsp3) is 0.571. The maximum atomic E-state index is 8.97. The molecule has 0 unspecified atom stereocenters. The number of aliphatic hydroxyl groups excluding tert-OH is 1. The van der Waals surface area contributed by atoms with Crippen LogP contribution in [0, 0.1) is 0 Å². The minimum absolute atomic E-state index is 0.296. The van der Waals surface area contributed by atoms with E-state index in [4.69, 9.17) is 5.11 Å². The van der Waals surface area contributed by atoms with Crippen molar-refractivity contribution < 1.29 is 5.11 Å². The molecule has 1 aromatic heterocycles. The van der Waals surface area contributed by atoms with Crippen LogP contribution < -0.4 is 0 Å². The number of nitrogens with zero attached hydrogens (tertiary/aromatic N) is 2. The molecule has 0 aliphatic rings. The van der Waals surface area contributed by atoms with Crippen molar-refractivity contribution in [1.29, 1.82) is 0 Å². The van der Waals surface area contributed by atoms with Crippen LogP contribution in [0.1, 0.15) is 12.6 Å². The van der Waals surface area contributed by atoms with Gasteiger partial charge in [0.15, 0.2) is 0 Å². The number of aromatic nitrogens is 2. The minimum atomic E-state index is -0.296. The van der Waals surface area contributed by atoms with Crippen LogP contribution in [0.15, 0.2) is 12.3 Å². The van der Waals surface area contributed by atoms with Gasteiger partial charge < -0.3 is 5.11 Å². The van der Waals surface area contributed by atoms with Crippen molar-refractivity contribution in [2.75, 3.05) is 0 Å². The molecule has 56 valence electrons. The number of aliphatic hydroxyl groups is 1. The highest BCUT2D eigenvalue weighted by molar-refractivity contribution is 4.99. The van der Waals surface area contributed by atoms with Gasteiger partial charge in [0.1, 0.15) is 0 Å². The lowest BCUT2D eigenvalue weighted by molar-refractivity contribution is 0.194. The number of hydrogen-bond donors (Lipinski definition) is 1. The van der Waals surface area contributed by atoms with E-state index in [1.165, 1.54) is 0 Å². The van der Waals surface area contributed by atoms with Crippen molar-refractivity contribution in [3.8, 4) is 0 Å². The second kappa shape index (κ2) is 2.84. The molecule has 0 aliphatic heterocycles. The Kier molecular flexibility index (Phi) is 2.06. The van der Waals surface area contributed by atoms with Crippen LogP contribution >= 0.6 is 0 Å². The van der Waals surface area contributed by atoms with E-state index >= 15 is 0 Å². The van der Waals surface area contributed by atoms with Crippen LogP contribution in [0.4, 0.5) is 0 Å². The summed E-state index contributed by atoms with van der Waals surface area (Å²) in [5.74, 6) is 0. The molecule has 0 aromatic carbocycles. The molecule has 1 aromatic rings. The normalized spacial score (nSPS) is 13.5. The van der Waals surface area contributed by atoms with Gasteiger partial charge in [-0.1, -0.05) is 0 Å². The molecule has 1 N–H and O–H groups in total. The molecule has 0 saturated heterocycles. The monoisotopic (exact) mass is 140 g/mol. The zero-order valence-electron chi connectivity index (χ0n) is 6.28. The molecule has 0 bridgehead atoms. The van der Waals surface area contributed by atoms with Crippen molar-refractivity contribution in [3.63, 3.8) is 0 Å². The Balaban J connectivity index is 2.58. The molecule has 3 nitrogen and oxygen atoms in total. The van der Waals surface area contributed by atoms with Crippen LogP contribution in [-0.4, -0.2) is 21.0 Å². The first kappa shape index (κ1) is 7.28. The summed E-state index contributed by atoms with van der Waals surface area (Å²) in [5, 5.41) is 13.1. The fourth-order valence-corrected chi connectivity index (χ4v) is 0.875. The maximum absolute atomic E-state index is 8.97. The van der Waals surface area contributed by atoms with Crippen molar-refractivity contribution in [3.05, 3.63) is 18.0 Å². The summed E-state index contributed by atoms with van der Waals surface area (Å²) in [6, 6.07) is 1.91. The van der Waals surface area contributed by atoms with E-state index in [0.717, 1.165) is 5.69 Å². The van der Waals surface area contributed by atoms with Crippen molar-refractivity contribution >= 4 is 0 Å². The molecule has 0 aliphatic carbocycles. The van der Waals surface area contributed by atoms with Crippen molar-refractivity contribution in [1.82, 2.24) is 9.78 Å². The third-order valence-corrected chi connectivity index (χ3v) is 1.27. The zero-order chi connectivity index (χ0) is 7.56. The molecule has 0 radical (unpaired) electrons. The van der Waals surface area contributed by atoms with Gasteiger partial charge in [0.05, 0.1) is 11.8 Å². The number of hydrogen-bond acceptors (Lipinski definition) is 2. The molecule has 0 fully saturated rings. The topological polar surface area (TPSA) is 38.0 Å². The minimum Gasteiger partial charge on any atom is -0.393 e. The highest BCUT2D eigenvalue weighted by Crippen LogP contribution is 1.98. The molecule has 1 heterocycles. The van der Waals surface area contributed by atoms with Crippen LogP contribution in [-0.2, 0) is 13.5 Å². The van der Waals surface area contributed by atoms with E-state index in [0.29, 0.717) is 6.42 Å². The number of aryl methyl sites for hydroxylation is 1. The Morgan fingerprint density at radius 3 is 2.90 bits per heavy atom. The van der Waals surface area contributed by atoms with E-state index in [9.17, 15) is 0 Å². The van der Waals surface area contributed by atoms with E-state index < -0.39 is 0 Å². The third-order valence-electron chi connectivity index (χ3n) is 1.27. The van der Waals surface area contributed by atoms with Gasteiger partial charge in [-0.15, -0.1) is 0 Å². The Labute approximate surface area is 60.3 Å². The highest BCUT2D eigenvalue weighted by Gasteiger charge is 2.00. The van der Waals surface area contributed by atoms with Gasteiger partial charge in [0, 0.05) is 19.7 Å². The second-order valence-corrected chi connectivity index (χ2v) is 2.53. The van der Waals surface area contributed by atoms with Gasteiger partial charge in [-0.05, 0) is 13.0 Å². The molecule has 0 spiro atoms. The predicted octanol–water partition coefficient (Wildman–Crippen LogP) is 0.343. The highest BCUT2D eigenvalue weighted by atomic mass is 16.3. The summed E-state index contributed by atoms with van der Waals surface area (Å²) in [6.45, 7) is 1.76. The summed E-state index contributed by atoms with van der Waals surface area (Å²) in [4.78, 5) is 0. The van der Waals surface area contributed by atoms with Gasteiger partial charge in [0.25, 0.3) is 0 Å².